The van der Waals surface area contributed by atoms with Gasteiger partial charge in [-0.25, -0.2) is 0 Å². The summed E-state index contributed by atoms with van der Waals surface area (Å²) >= 11 is 0. The Kier molecular flexibility index (Phi) is 4.30. The van der Waals surface area contributed by atoms with E-state index in [1.165, 1.54) is 12.8 Å². The first-order valence-electron chi connectivity index (χ1n) is 5.24. The topological polar surface area (TPSA) is 35.2 Å². The maximum absolute atomic E-state index is 5.72. The number of anilines is 1. The van der Waals surface area contributed by atoms with Crippen molar-refractivity contribution in [1.29, 1.82) is 0 Å². The van der Waals surface area contributed by atoms with E-state index >= 15 is 0 Å². The maximum atomic E-state index is 5.72. The summed E-state index contributed by atoms with van der Waals surface area (Å²) in [5.41, 5.74) is 6.36. The van der Waals surface area contributed by atoms with Crippen molar-refractivity contribution in [2.24, 2.45) is 0 Å². The Morgan fingerprint density at radius 3 is 2.50 bits per heavy atom. The molecule has 1 rings (SSSR count). The molecule has 0 aliphatic rings. The summed E-state index contributed by atoms with van der Waals surface area (Å²) in [6, 6.07) is 7.55. The summed E-state index contributed by atoms with van der Waals surface area (Å²) in [4.78, 5) is 0. The van der Waals surface area contributed by atoms with Crippen LogP contribution in [0.4, 0.5) is 5.69 Å². The first kappa shape index (κ1) is 10.9. The SMILES string of the molecule is CCCCC(C)Oc1ccc(N)cc1. The van der Waals surface area contributed by atoms with Crippen LogP contribution in [0.5, 0.6) is 5.75 Å². The molecule has 2 N–H and O–H groups in total. The molecule has 2 heteroatoms. The van der Waals surface area contributed by atoms with Crippen LogP contribution in [-0.4, -0.2) is 6.10 Å². The molecule has 0 aliphatic carbocycles. The zero-order chi connectivity index (χ0) is 10.4. The third-order valence-electron chi connectivity index (χ3n) is 2.18. The van der Waals surface area contributed by atoms with Gasteiger partial charge in [-0.3, -0.25) is 0 Å². The highest BCUT2D eigenvalue weighted by atomic mass is 16.5. The molecular formula is C12H19NO. The van der Waals surface area contributed by atoms with Gasteiger partial charge in [-0.15, -0.1) is 0 Å². The Morgan fingerprint density at radius 2 is 1.93 bits per heavy atom. The van der Waals surface area contributed by atoms with E-state index in [1.54, 1.807) is 0 Å². The van der Waals surface area contributed by atoms with Gasteiger partial charge in [-0.1, -0.05) is 19.8 Å². The number of ether oxygens (including phenoxy) is 1. The van der Waals surface area contributed by atoms with Gasteiger partial charge in [0.25, 0.3) is 0 Å². The molecule has 0 saturated carbocycles. The van der Waals surface area contributed by atoms with Gasteiger partial charge in [0.1, 0.15) is 5.75 Å². The molecule has 1 aromatic carbocycles. The normalized spacial score (nSPS) is 12.4. The van der Waals surface area contributed by atoms with E-state index in [0.717, 1.165) is 17.9 Å². The van der Waals surface area contributed by atoms with E-state index in [4.69, 9.17) is 10.5 Å². The number of benzene rings is 1. The van der Waals surface area contributed by atoms with Gasteiger partial charge in [0.2, 0.25) is 0 Å². The van der Waals surface area contributed by atoms with Crippen LogP contribution in [0.1, 0.15) is 33.1 Å². The fourth-order valence-corrected chi connectivity index (χ4v) is 1.33. The molecule has 0 aromatic heterocycles. The molecular weight excluding hydrogens is 174 g/mol. The lowest BCUT2D eigenvalue weighted by Crippen LogP contribution is -2.11. The van der Waals surface area contributed by atoms with Crippen molar-refractivity contribution >= 4 is 5.69 Å². The Morgan fingerprint density at radius 1 is 1.29 bits per heavy atom. The zero-order valence-electron chi connectivity index (χ0n) is 8.99. The molecule has 1 atom stereocenters. The molecule has 1 unspecified atom stereocenters. The van der Waals surface area contributed by atoms with E-state index in [-0.39, 0.29) is 0 Å². The van der Waals surface area contributed by atoms with E-state index < -0.39 is 0 Å². The van der Waals surface area contributed by atoms with Crippen LogP contribution >= 0.6 is 0 Å². The minimum absolute atomic E-state index is 0.290. The van der Waals surface area contributed by atoms with Gasteiger partial charge in [0.05, 0.1) is 6.10 Å². The Labute approximate surface area is 86.1 Å². The van der Waals surface area contributed by atoms with Crippen LogP contribution in [0, 0.1) is 0 Å². The summed E-state index contributed by atoms with van der Waals surface area (Å²) in [5, 5.41) is 0. The maximum Gasteiger partial charge on any atom is 0.119 e. The molecule has 0 heterocycles. The highest BCUT2D eigenvalue weighted by Gasteiger charge is 2.02. The van der Waals surface area contributed by atoms with Crippen molar-refractivity contribution in [2.75, 3.05) is 5.73 Å². The van der Waals surface area contributed by atoms with E-state index in [1.807, 2.05) is 24.3 Å². The van der Waals surface area contributed by atoms with Crippen LogP contribution in [0.25, 0.3) is 0 Å². The Balaban J connectivity index is 2.39. The molecule has 0 radical (unpaired) electrons. The van der Waals surface area contributed by atoms with Crippen molar-refractivity contribution < 1.29 is 4.74 Å². The van der Waals surface area contributed by atoms with E-state index in [9.17, 15) is 0 Å². The number of unbranched alkanes of at least 4 members (excludes halogenated alkanes) is 1. The third kappa shape index (κ3) is 3.69. The second-order valence-corrected chi connectivity index (χ2v) is 3.64. The number of rotatable bonds is 5. The van der Waals surface area contributed by atoms with Gasteiger partial charge < -0.3 is 10.5 Å². The molecule has 14 heavy (non-hydrogen) atoms. The van der Waals surface area contributed by atoms with Crippen LogP contribution in [0.3, 0.4) is 0 Å². The van der Waals surface area contributed by atoms with Crippen molar-refractivity contribution in [3.63, 3.8) is 0 Å². The van der Waals surface area contributed by atoms with Gasteiger partial charge in [0.15, 0.2) is 0 Å². The lowest BCUT2D eigenvalue weighted by atomic mass is 10.2. The van der Waals surface area contributed by atoms with Crippen molar-refractivity contribution in [2.45, 2.75) is 39.2 Å². The Hall–Kier alpha value is -1.18. The third-order valence-corrected chi connectivity index (χ3v) is 2.18. The highest BCUT2D eigenvalue weighted by molar-refractivity contribution is 5.41. The summed E-state index contributed by atoms with van der Waals surface area (Å²) in [5.74, 6) is 0.905. The van der Waals surface area contributed by atoms with E-state index in [0.29, 0.717) is 6.10 Å². The quantitative estimate of drug-likeness (QED) is 0.729. The molecule has 78 valence electrons. The Bertz CT molecular complexity index is 256. The molecule has 0 bridgehead atoms. The van der Waals surface area contributed by atoms with Gasteiger partial charge in [0, 0.05) is 5.69 Å². The summed E-state index contributed by atoms with van der Waals surface area (Å²) < 4.78 is 5.72. The molecule has 0 spiro atoms. The van der Waals surface area contributed by atoms with Crippen LogP contribution in [0.15, 0.2) is 24.3 Å². The standard InChI is InChI=1S/C12H19NO/c1-3-4-5-10(2)14-12-8-6-11(13)7-9-12/h6-10H,3-5,13H2,1-2H3. The minimum atomic E-state index is 0.290. The predicted molar refractivity (Wildman–Crippen MR) is 60.5 cm³/mol. The lowest BCUT2D eigenvalue weighted by Gasteiger charge is -2.14. The number of hydrogen-bond donors (Lipinski definition) is 1. The molecule has 0 amide bonds. The highest BCUT2D eigenvalue weighted by Crippen LogP contribution is 2.16. The number of nitrogen functional groups attached to an aromatic ring is 1. The molecule has 2 nitrogen and oxygen atoms in total. The summed E-state index contributed by atoms with van der Waals surface area (Å²) in [7, 11) is 0. The first-order chi connectivity index (χ1) is 6.72. The van der Waals surface area contributed by atoms with Gasteiger partial charge in [-0.05, 0) is 37.6 Å². The second-order valence-electron chi connectivity index (χ2n) is 3.64. The fraction of sp³-hybridized carbons (Fsp3) is 0.500. The average Bonchev–Trinajstić information content (AvgIpc) is 2.18. The fourth-order valence-electron chi connectivity index (χ4n) is 1.33. The lowest BCUT2D eigenvalue weighted by molar-refractivity contribution is 0.207. The van der Waals surface area contributed by atoms with Crippen LogP contribution in [-0.2, 0) is 0 Å². The second kappa shape index (κ2) is 5.53. The monoisotopic (exact) mass is 193 g/mol. The van der Waals surface area contributed by atoms with Crippen molar-refractivity contribution in [3.05, 3.63) is 24.3 Å². The van der Waals surface area contributed by atoms with Crippen molar-refractivity contribution in [3.8, 4) is 5.75 Å². The zero-order valence-corrected chi connectivity index (χ0v) is 8.99. The van der Waals surface area contributed by atoms with Crippen LogP contribution < -0.4 is 10.5 Å². The van der Waals surface area contributed by atoms with Crippen LogP contribution in [0.2, 0.25) is 0 Å². The molecule has 0 saturated heterocycles. The van der Waals surface area contributed by atoms with Gasteiger partial charge in [-0.2, -0.15) is 0 Å². The summed E-state index contributed by atoms with van der Waals surface area (Å²) in [6.07, 6.45) is 3.84. The molecule has 0 aliphatic heterocycles. The predicted octanol–water partition coefficient (Wildman–Crippen LogP) is 3.23. The van der Waals surface area contributed by atoms with E-state index in [2.05, 4.69) is 13.8 Å². The molecule has 1 aromatic rings. The first-order valence-corrected chi connectivity index (χ1v) is 5.24. The van der Waals surface area contributed by atoms with Gasteiger partial charge >= 0.3 is 0 Å². The summed E-state index contributed by atoms with van der Waals surface area (Å²) in [6.45, 7) is 4.29. The van der Waals surface area contributed by atoms with Crippen molar-refractivity contribution in [1.82, 2.24) is 0 Å². The largest absolute Gasteiger partial charge is 0.491 e. The number of hydrogen-bond acceptors (Lipinski definition) is 2. The average molecular weight is 193 g/mol. The molecule has 0 fully saturated rings. The minimum Gasteiger partial charge on any atom is -0.491 e. The smallest absolute Gasteiger partial charge is 0.119 e. The number of nitrogens with two attached hydrogens (primary N) is 1.